The Morgan fingerprint density at radius 2 is 1.68 bits per heavy atom. The number of anilines is 1. The minimum absolute atomic E-state index is 0.284. The van der Waals surface area contributed by atoms with Crippen LogP contribution in [0, 0.1) is 0 Å². The zero-order valence-corrected chi connectivity index (χ0v) is 14.4. The lowest BCUT2D eigenvalue weighted by Crippen LogP contribution is -2.12. The number of alkyl halides is 3. The summed E-state index contributed by atoms with van der Waals surface area (Å²) in [5.41, 5.74) is 2.21. The second-order valence-electron chi connectivity index (χ2n) is 6.20. The fourth-order valence-corrected chi connectivity index (χ4v) is 2.82. The molecule has 2 heterocycles. The minimum Gasteiger partial charge on any atom is -0.322 e. The van der Waals surface area contributed by atoms with Gasteiger partial charge in [-0.25, -0.2) is 4.98 Å². The van der Waals surface area contributed by atoms with E-state index in [4.69, 9.17) is 0 Å². The van der Waals surface area contributed by atoms with Crippen molar-refractivity contribution in [1.82, 2.24) is 9.38 Å². The molecule has 140 valence electrons. The van der Waals surface area contributed by atoms with Crippen LogP contribution in [-0.2, 0) is 6.18 Å². The maximum Gasteiger partial charge on any atom is 0.416 e. The van der Waals surface area contributed by atoms with Crippen molar-refractivity contribution in [3.8, 4) is 11.3 Å². The molecule has 0 saturated carbocycles. The number of nitrogens with zero attached hydrogens (tertiary/aromatic N) is 2. The molecule has 0 spiro atoms. The highest BCUT2D eigenvalue weighted by Crippen LogP contribution is 2.30. The highest BCUT2D eigenvalue weighted by atomic mass is 19.4. The summed E-state index contributed by atoms with van der Waals surface area (Å²) in [7, 11) is 0. The van der Waals surface area contributed by atoms with Gasteiger partial charge in [0.15, 0.2) is 0 Å². The highest BCUT2D eigenvalue weighted by molar-refractivity contribution is 6.04. The topological polar surface area (TPSA) is 46.4 Å². The number of nitrogens with one attached hydrogen (secondary N) is 1. The normalized spacial score (nSPS) is 11.5. The Labute approximate surface area is 158 Å². The lowest BCUT2D eigenvalue weighted by atomic mass is 10.2. The summed E-state index contributed by atoms with van der Waals surface area (Å²) in [5.74, 6) is -0.425. The van der Waals surface area contributed by atoms with Crippen molar-refractivity contribution >= 4 is 17.2 Å². The van der Waals surface area contributed by atoms with Gasteiger partial charge in [0.2, 0.25) is 0 Å². The van der Waals surface area contributed by atoms with Crippen LogP contribution in [0.25, 0.3) is 16.9 Å². The Morgan fingerprint density at radius 3 is 2.36 bits per heavy atom. The first-order valence-corrected chi connectivity index (χ1v) is 8.43. The maximum absolute atomic E-state index is 12.6. The van der Waals surface area contributed by atoms with E-state index in [1.54, 1.807) is 22.7 Å². The van der Waals surface area contributed by atoms with Gasteiger partial charge in [-0.15, -0.1) is 0 Å². The van der Waals surface area contributed by atoms with E-state index in [1.165, 1.54) is 12.1 Å². The molecule has 0 aliphatic rings. The summed E-state index contributed by atoms with van der Waals surface area (Å²) < 4.78 is 39.7. The summed E-state index contributed by atoms with van der Waals surface area (Å²) in [4.78, 5) is 17.0. The lowest BCUT2D eigenvalue weighted by Gasteiger charge is -2.09. The molecule has 0 atom stereocenters. The standard InChI is InChI=1S/C21H14F3N3O/c22-21(23,24)16-6-8-17(9-7-16)25-20(28)15-10-11-27-13-18(26-19(27)12-15)14-4-2-1-3-5-14/h1-13H,(H,25,28). The van der Waals surface area contributed by atoms with E-state index in [2.05, 4.69) is 10.3 Å². The molecule has 0 aliphatic heterocycles. The maximum atomic E-state index is 12.6. The Balaban J connectivity index is 1.56. The number of amides is 1. The van der Waals surface area contributed by atoms with Crippen LogP contribution in [0.2, 0.25) is 0 Å². The number of pyridine rings is 1. The SMILES string of the molecule is O=C(Nc1ccc(C(F)(F)F)cc1)c1ccn2cc(-c3ccccc3)nc2c1. The molecule has 0 unspecified atom stereocenters. The number of fused-ring (bicyclic) bond motifs is 1. The number of benzene rings is 2. The summed E-state index contributed by atoms with van der Waals surface area (Å²) >= 11 is 0. The Bertz CT molecular complexity index is 1130. The summed E-state index contributed by atoms with van der Waals surface area (Å²) in [5, 5.41) is 2.60. The number of aromatic nitrogens is 2. The Morgan fingerprint density at radius 1 is 0.964 bits per heavy atom. The van der Waals surface area contributed by atoms with Crippen molar-refractivity contribution in [2.75, 3.05) is 5.32 Å². The molecular weight excluding hydrogens is 367 g/mol. The molecule has 1 N–H and O–H groups in total. The van der Waals surface area contributed by atoms with Crippen molar-refractivity contribution in [2.45, 2.75) is 6.18 Å². The van der Waals surface area contributed by atoms with Crippen LogP contribution in [0.5, 0.6) is 0 Å². The van der Waals surface area contributed by atoms with Crippen molar-refractivity contribution in [2.24, 2.45) is 0 Å². The van der Waals surface area contributed by atoms with E-state index in [0.717, 1.165) is 23.4 Å². The molecule has 0 aliphatic carbocycles. The van der Waals surface area contributed by atoms with Gasteiger partial charge in [0.25, 0.3) is 5.91 Å². The van der Waals surface area contributed by atoms with E-state index in [9.17, 15) is 18.0 Å². The van der Waals surface area contributed by atoms with E-state index in [-0.39, 0.29) is 5.69 Å². The molecule has 4 nitrogen and oxygen atoms in total. The van der Waals surface area contributed by atoms with Crippen molar-refractivity contribution < 1.29 is 18.0 Å². The summed E-state index contributed by atoms with van der Waals surface area (Å²) in [6, 6.07) is 17.2. The van der Waals surface area contributed by atoms with E-state index < -0.39 is 17.6 Å². The zero-order chi connectivity index (χ0) is 19.7. The molecule has 1 amide bonds. The van der Waals surface area contributed by atoms with Crippen LogP contribution in [0.3, 0.4) is 0 Å². The molecule has 0 bridgehead atoms. The van der Waals surface area contributed by atoms with Gasteiger partial charge in [-0.1, -0.05) is 30.3 Å². The second-order valence-corrected chi connectivity index (χ2v) is 6.20. The average molecular weight is 381 g/mol. The number of imidazole rings is 1. The fraction of sp³-hybridized carbons (Fsp3) is 0.0476. The summed E-state index contributed by atoms with van der Waals surface area (Å²) in [6.45, 7) is 0. The summed E-state index contributed by atoms with van der Waals surface area (Å²) in [6.07, 6.45) is -0.830. The monoisotopic (exact) mass is 381 g/mol. The van der Waals surface area contributed by atoms with E-state index >= 15 is 0 Å². The van der Waals surface area contributed by atoms with E-state index in [0.29, 0.717) is 11.2 Å². The zero-order valence-electron chi connectivity index (χ0n) is 14.4. The molecule has 0 saturated heterocycles. The van der Waals surface area contributed by atoms with Crippen LogP contribution in [-0.4, -0.2) is 15.3 Å². The first-order chi connectivity index (χ1) is 13.4. The number of carbonyl (C=O) groups excluding carboxylic acids is 1. The van der Waals surface area contributed by atoms with Gasteiger partial charge in [-0.05, 0) is 36.4 Å². The number of halogens is 3. The molecule has 28 heavy (non-hydrogen) atoms. The largest absolute Gasteiger partial charge is 0.416 e. The third kappa shape index (κ3) is 3.59. The third-order valence-electron chi connectivity index (χ3n) is 4.26. The number of hydrogen-bond acceptors (Lipinski definition) is 2. The molecule has 7 heteroatoms. The van der Waals surface area contributed by atoms with Gasteiger partial charge in [0.05, 0.1) is 11.3 Å². The number of rotatable bonds is 3. The van der Waals surface area contributed by atoms with Crippen molar-refractivity contribution in [3.63, 3.8) is 0 Å². The van der Waals surface area contributed by atoms with Gasteiger partial charge in [-0.3, -0.25) is 4.79 Å². The van der Waals surface area contributed by atoms with E-state index in [1.807, 2.05) is 36.5 Å². The van der Waals surface area contributed by atoms with Crippen LogP contribution < -0.4 is 5.32 Å². The predicted octanol–water partition coefficient (Wildman–Crippen LogP) is 5.27. The molecule has 2 aromatic heterocycles. The third-order valence-corrected chi connectivity index (χ3v) is 4.26. The quantitative estimate of drug-likeness (QED) is 0.525. The fourth-order valence-electron chi connectivity index (χ4n) is 2.82. The first-order valence-electron chi connectivity index (χ1n) is 8.43. The number of hydrogen-bond donors (Lipinski definition) is 1. The molecule has 0 fully saturated rings. The van der Waals surface area contributed by atoms with Gasteiger partial charge in [0, 0.05) is 29.2 Å². The molecule has 4 aromatic rings. The van der Waals surface area contributed by atoms with Crippen LogP contribution >= 0.6 is 0 Å². The van der Waals surface area contributed by atoms with Gasteiger partial charge in [0.1, 0.15) is 5.65 Å². The van der Waals surface area contributed by atoms with Crippen LogP contribution in [0.1, 0.15) is 15.9 Å². The van der Waals surface area contributed by atoms with Crippen molar-refractivity contribution in [1.29, 1.82) is 0 Å². The van der Waals surface area contributed by atoms with Gasteiger partial charge in [-0.2, -0.15) is 13.2 Å². The minimum atomic E-state index is -4.41. The Hall–Kier alpha value is -3.61. The van der Waals surface area contributed by atoms with Crippen LogP contribution in [0.15, 0.2) is 79.1 Å². The molecular formula is C21H14F3N3O. The second kappa shape index (κ2) is 6.84. The van der Waals surface area contributed by atoms with Gasteiger partial charge < -0.3 is 9.72 Å². The lowest BCUT2D eigenvalue weighted by molar-refractivity contribution is -0.137. The number of carbonyl (C=O) groups is 1. The Kier molecular flexibility index (Phi) is 4.35. The smallest absolute Gasteiger partial charge is 0.322 e. The predicted molar refractivity (Wildman–Crippen MR) is 100 cm³/mol. The average Bonchev–Trinajstić information content (AvgIpc) is 3.12. The van der Waals surface area contributed by atoms with Crippen LogP contribution in [0.4, 0.5) is 18.9 Å². The van der Waals surface area contributed by atoms with Gasteiger partial charge >= 0.3 is 6.18 Å². The molecule has 0 radical (unpaired) electrons. The molecule has 4 rings (SSSR count). The van der Waals surface area contributed by atoms with Crippen molar-refractivity contribution in [3.05, 3.63) is 90.3 Å². The highest BCUT2D eigenvalue weighted by Gasteiger charge is 2.30. The first kappa shape index (κ1) is 17.8. The molecule has 2 aromatic carbocycles.